The van der Waals surface area contributed by atoms with E-state index in [0.717, 1.165) is 19.3 Å². The molecule has 2 aliphatic rings. The quantitative estimate of drug-likeness (QED) is 0.176. The van der Waals surface area contributed by atoms with Crippen LogP contribution in [-0.4, -0.2) is 33.6 Å². The van der Waals surface area contributed by atoms with Gasteiger partial charge in [-0.2, -0.15) is 0 Å². The van der Waals surface area contributed by atoms with E-state index in [9.17, 15) is 15.3 Å². The minimum Gasteiger partial charge on any atom is -0.393 e. The number of hydrogen-bond donors (Lipinski definition) is 3. The third-order valence-corrected chi connectivity index (χ3v) is 9.02. The van der Waals surface area contributed by atoms with Crippen molar-refractivity contribution in [3.05, 3.63) is 118 Å². The summed E-state index contributed by atoms with van der Waals surface area (Å²) in [5.74, 6) is 0.405. The second-order valence-electron chi connectivity index (χ2n) is 14.0. The Morgan fingerprint density at radius 3 is 1.84 bits per heavy atom. The van der Waals surface area contributed by atoms with Crippen LogP contribution in [0, 0.1) is 16.7 Å². The molecule has 236 valence electrons. The zero-order valence-corrected chi connectivity index (χ0v) is 28.5. The van der Waals surface area contributed by atoms with Crippen LogP contribution in [0.25, 0.3) is 0 Å². The normalized spacial score (nSPS) is 28.9. The lowest BCUT2D eigenvalue weighted by atomic mass is 9.67. The average Bonchev–Trinajstić information content (AvgIpc) is 2.88. The molecule has 0 amide bonds. The van der Waals surface area contributed by atoms with Gasteiger partial charge in [0.1, 0.15) is 0 Å². The van der Waals surface area contributed by atoms with Gasteiger partial charge in [-0.05, 0) is 71.6 Å². The summed E-state index contributed by atoms with van der Waals surface area (Å²) in [5, 5.41) is 30.7. The standard InChI is InChI=1S/C40H58O3/c1-28(17-13-19-30(3)21-23-35-32(5)25-34(41)27-39(35,7)8)15-11-12-16-29(2)18-14-20-31(4)22-24-36-33(6)26-37(42)38(43)40(36,9)10/h11-23,32,34,37-38,41-43H,24-27H2,1-10H3/b15-11+,16-12+,19-13+,20-14+,28-17+,29-18+,30-21+,31-22+,35-23-/t32?,34-,37-,38+/m1/s1. The van der Waals surface area contributed by atoms with Crippen LogP contribution in [0.1, 0.15) is 94.9 Å². The Bertz CT molecular complexity index is 1270. The maximum atomic E-state index is 10.5. The molecule has 1 fully saturated rings. The zero-order chi connectivity index (χ0) is 32.4. The van der Waals surface area contributed by atoms with Crippen molar-refractivity contribution >= 4 is 0 Å². The zero-order valence-electron chi connectivity index (χ0n) is 28.5. The van der Waals surface area contributed by atoms with E-state index < -0.39 is 17.6 Å². The number of hydrogen-bond acceptors (Lipinski definition) is 3. The molecule has 3 N–H and O–H groups in total. The third-order valence-electron chi connectivity index (χ3n) is 9.02. The van der Waals surface area contributed by atoms with E-state index in [4.69, 9.17) is 0 Å². The number of rotatable bonds is 10. The summed E-state index contributed by atoms with van der Waals surface area (Å²) >= 11 is 0. The molecule has 4 atom stereocenters. The second kappa shape index (κ2) is 16.4. The van der Waals surface area contributed by atoms with E-state index >= 15 is 0 Å². The van der Waals surface area contributed by atoms with Crippen molar-refractivity contribution in [2.24, 2.45) is 16.7 Å². The predicted octanol–water partition coefficient (Wildman–Crippen LogP) is 9.60. The maximum Gasteiger partial charge on any atom is 0.0890 e. The molecule has 0 radical (unpaired) electrons. The first-order valence-electron chi connectivity index (χ1n) is 15.9. The van der Waals surface area contributed by atoms with Gasteiger partial charge in [0.15, 0.2) is 0 Å². The van der Waals surface area contributed by atoms with Crippen LogP contribution in [0.3, 0.4) is 0 Å². The van der Waals surface area contributed by atoms with Gasteiger partial charge in [0, 0.05) is 5.41 Å². The molecular formula is C40H58O3. The second-order valence-corrected chi connectivity index (χ2v) is 14.0. The van der Waals surface area contributed by atoms with Crippen LogP contribution >= 0.6 is 0 Å². The maximum absolute atomic E-state index is 10.5. The van der Waals surface area contributed by atoms with Crippen molar-refractivity contribution in [2.45, 2.75) is 113 Å². The summed E-state index contributed by atoms with van der Waals surface area (Å²) in [7, 11) is 0. The first kappa shape index (κ1) is 36.5. The van der Waals surface area contributed by atoms with Gasteiger partial charge in [-0.1, -0.05) is 153 Å². The van der Waals surface area contributed by atoms with Crippen LogP contribution in [0.4, 0.5) is 0 Å². The summed E-state index contributed by atoms with van der Waals surface area (Å²) < 4.78 is 0. The fourth-order valence-corrected chi connectivity index (χ4v) is 6.41. The highest BCUT2D eigenvalue weighted by molar-refractivity contribution is 5.34. The van der Waals surface area contributed by atoms with Crippen LogP contribution < -0.4 is 0 Å². The molecule has 2 aliphatic carbocycles. The van der Waals surface area contributed by atoms with Crippen molar-refractivity contribution in [3.63, 3.8) is 0 Å². The topological polar surface area (TPSA) is 60.7 Å². The van der Waals surface area contributed by atoms with Crippen LogP contribution in [0.2, 0.25) is 0 Å². The Labute approximate surface area is 262 Å². The van der Waals surface area contributed by atoms with Gasteiger partial charge in [-0.15, -0.1) is 0 Å². The molecule has 2 rings (SSSR count). The van der Waals surface area contributed by atoms with Crippen molar-refractivity contribution in [1.29, 1.82) is 0 Å². The lowest BCUT2D eigenvalue weighted by molar-refractivity contribution is -0.0462. The Hall–Kier alpha value is -2.72. The minimum atomic E-state index is -0.729. The molecule has 0 aromatic carbocycles. The highest BCUT2D eigenvalue weighted by Crippen LogP contribution is 2.44. The largest absolute Gasteiger partial charge is 0.393 e. The van der Waals surface area contributed by atoms with Crippen LogP contribution in [-0.2, 0) is 0 Å². The Morgan fingerprint density at radius 2 is 1.28 bits per heavy atom. The summed E-state index contributed by atoms with van der Waals surface area (Å²) in [6.07, 6.45) is 29.0. The fourth-order valence-electron chi connectivity index (χ4n) is 6.41. The lowest BCUT2D eigenvalue weighted by Gasteiger charge is -2.41. The third kappa shape index (κ3) is 11.4. The van der Waals surface area contributed by atoms with Gasteiger partial charge in [-0.3, -0.25) is 0 Å². The molecule has 3 heteroatoms. The molecule has 1 saturated carbocycles. The molecular weight excluding hydrogens is 528 g/mol. The molecule has 0 saturated heterocycles. The summed E-state index contributed by atoms with van der Waals surface area (Å²) in [6, 6.07) is 0. The summed E-state index contributed by atoms with van der Waals surface area (Å²) in [6.45, 7) is 21.2. The summed E-state index contributed by atoms with van der Waals surface area (Å²) in [5.41, 5.74) is 8.17. The van der Waals surface area contributed by atoms with Crippen molar-refractivity contribution in [2.75, 3.05) is 0 Å². The molecule has 43 heavy (non-hydrogen) atoms. The van der Waals surface area contributed by atoms with Crippen molar-refractivity contribution < 1.29 is 15.3 Å². The van der Waals surface area contributed by atoms with E-state index in [1.165, 1.54) is 39.0 Å². The molecule has 0 bridgehead atoms. The Balaban J connectivity index is 1.89. The monoisotopic (exact) mass is 586 g/mol. The minimum absolute atomic E-state index is 0.0358. The van der Waals surface area contributed by atoms with Gasteiger partial charge in [0.25, 0.3) is 0 Å². The van der Waals surface area contributed by atoms with Gasteiger partial charge in [-0.25, -0.2) is 0 Å². The van der Waals surface area contributed by atoms with Gasteiger partial charge >= 0.3 is 0 Å². The molecule has 0 aromatic heterocycles. The number of aliphatic hydroxyl groups is 3. The van der Waals surface area contributed by atoms with Gasteiger partial charge < -0.3 is 15.3 Å². The Morgan fingerprint density at radius 1 is 0.767 bits per heavy atom. The number of allylic oxidation sites excluding steroid dienone is 18. The van der Waals surface area contributed by atoms with E-state index in [0.29, 0.717) is 12.3 Å². The van der Waals surface area contributed by atoms with Gasteiger partial charge in [0.05, 0.1) is 18.3 Å². The highest BCUT2D eigenvalue weighted by atomic mass is 16.3. The van der Waals surface area contributed by atoms with Crippen molar-refractivity contribution in [3.8, 4) is 0 Å². The molecule has 0 heterocycles. The van der Waals surface area contributed by atoms with E-state index in [1.54, 1.807) is 0 Å². The first-order chi connectivity index (χ1) is 20.0. The van der Waals surface area contributed by atoms with Crippen LogP contribution in [0.5, 0.6) is 0 Å². The van der Waals surface area contributed by atoms with E-state index in [2.05, 4.69) is 134 Å². The smallest absolute Gasteiger partial charge is 0.0890 e. The van der Waals surface area contributed by atoms with E-state index in [1.807, 2.05) is 13.8 Å². The average molecular weight is 587 g/mol. The van der Waals surface area contributed by atoms with Gasteiger partial charge in [0.2, 0.25) is 0 Å². The Kier molecular flexibility index (Phi) is 13.9. The molecule has 0 aromatic rings. The fraction of sp³-hybridized carbons (Fsp3) is 0.500. The predicted molar refractivity (Wildman–Crippen MR) is 186 cm³/mol. The molecule has 1 unspecified atom stereocenters. The van der Waals surface area contributed by atoms with Crippen LogP contribution in [0.15, 0.2) is 118 Å². The highest BCUT2D eigenvalue weighted by Gasteiger charge is 2.40. The molecule has 3 nitrogen and oxygen atoms in total. The SMILES string of the molecule is CC1=C(C/C=C(C)/C=C/C=C(C)/C=C/C=C/C(C)=C/C=C/C(C)=C/C=C2/C(C)C[C@@H](O)CC2(C)C)C(C)(C)[C@@H](O)[C@H](O)C1. The van der Waals surface area contributed by atoms with E-state index in [-0.39, 0.29) is 11.5 Å². The summed E-state index contributed by atoms with van der Waals surface area (Å²) in [4.78, 5) is 0. The molecule has 0 aliphatic heterocycles. The molecule has 0 spiro atoms. The van der Waals surface area contributed by atoms with Crippen molar-refractivity contribution in [1.82, 2.24) is 0 Å². The number of aliphatic hydroxyl groups excluding tert-OH is 3. The first-order valence-corrected chi connectivity index (χ1v) is 15.9. The lowest BCUT2D eigenvalue weighted by Crippen LogP contribution is -2.44.